The Balaban J connectivity index is 2.23. The summed E-state index contributed by atoms with van der Waals surface area (Å²) in [6.07, 6.45) is 0. The molecule has 0 spiro atoms. The van der Waals surface area contributed by atoms with Gasteiger partial charge in [-0.1, -0.05) is 17.7 Å². The normalized spacial score (nSPS) is 10.4. The molecule has 2 aromatic rings. The van der Waals surface area contributed by atoms with Gasteiger partial charge in [0.25, 0.3) is 0 Å². The number of hydrogen-bond acceptors (Lipinski definition) is 2. The number of aliphatic hydroxyl groups is 1. The predicted octanol–water partition coefficient (Wildman–Crippen LogP) is 4.53. The molecule has 0 saturated heterocycles. The van der Waals surface area contributed by atoms with E-state index in [0.717, 1.165) is 0 Å². The van der Waals surface area contributed by atoms with E-state index in [1.165, 1.54) is 18.2 Å². The summed E-state index contributed by atoms with van der Waals surface area (Å²) in [7, 11) is 0. The van der Waals surface area contributed by atoms with E-state index < -0.39 is 0 Å². The van der Waals surface area contributed by atoms with E-state index in [2.05, 4.69) is 15.9 Å². The van der Waals surface area contributed by atoms with Crippen LogP contribution in [0.2, 0.25) is 5.02 Å². The van der Waals surface area contributed by atoms with Gasteiger partial charge in [-0.05, 0) is 51.8 Å². The maximum Gasteiger partial charge on any atom is 0.137 e. The van der Waals surface area contributed by atoms with Crippen molar-refractivity contribution in [1.82, 2.24) is 0 Å². The Bertz CT molecular complexity index is 575. The Hall–Kier alpha value is -1.10. The lowest BCUT2D eigenvalue weighted by molar-refractivity contribution is 0.282. The first-order valence-electron chi connectivity index (χ1n) is 5.12. The predicted molar refractivity (Wildman–Crippen MR) is 71.5 cm³/mol. The van der Waals surface area contributed by atoms with Crippen LogP contribution in [0.1, 0.15) is 5.56 Å². The van der Waals surface area contributed by atoms with Crippen LogP contribution in [-0.2, 0) is 6.61 Å². The van der Waals surface area contributed by atoms with Crippen molar-refractivity contribution in [3.8, 4) is 11.5 Å². The van der Waals surface area contributed by atoms with Gasteiger partial charge in [0.05, 0.1) is 11.1 Å². The van der Waals surface area contributed by atoms with Gasteiger partial charge in [0.2, 0.25) is 0 Å². The summed E-state index contributed by atoms with van der Waals surface area (Å²) in [6.45, 7) is -0.124. The average molecular weight is 332 g/mol. The van der Waals surface area contributed by atoms with Gasteiger partial charge >= 0.3 is 0 Å². The molecule has 0 bridgehead atoms. The lowest BCUT2D eigenvalue weighted by Gasteiger charge is -2.08. The lowest BCUT2D eigenvalue weighted by atomic mass is 10.2. The first-order valence-corrected chi connectivity index (χ1v) is 6.29. The first-order chi connectivity index (χ1) is 8.60. The van der Waals surface area contributed by atoms with E-state index in [9.17, 15) is 4.39 Å². The molecule has 0 aliphatic rings. The Labute approximate surface area is 117 Å². The van der Waals surface area contributed by atoms with Crippen molar-refractivity contribution in [1.29, 1.82) is 0 Å². The number of aliphatic hydroxyl groups excluding tert-OH is 1. The zero-order valence-electron chi connectivity index (χ0n) is 9.16. The van der Waals surface area contributed by atoms with E-state index in [4.69, 9.17) is 21.4 Å². The van der Waals surface area contributed by atoms with Crippen molar-refractivity contribution < 1.29 is 14.2 Å². The highest BCUT2D eigenvalue weighted by molar-refractivity contribution is 9.10. The van der Waals surface area contributed by atoms with Gasteiger partial charge in [-0.2, -0.15) is 0 Å². The summed E-state index contributed by atoms with van der Waals surface area (Å²) in [6, 6.07) is 9.33. The van der Waals surface area contributed by atoms with Crippen LogP contribution in [0.3, 0.4) is 0 Å². The van der Waals surface area contributed by atoms with E-state index in [1.54, 1.807) is 18.2 Å². The molecule has 18 heavy (non-hydrogen) atoms. The van der Waals surface area contributed by atoms with Gasteiger partial charge in [-0.3, -0.25) is 0 Å². The summed E-state index contributed by atoms with van der Waals surface area (Å²) in [5.74, 6) is 0.669. The van der Waals surface area contributed by atoms with Gasteiger partial charge in [-0.25, -0.2) is 4.39 Å². The molecule has 0 amide bonds. The smallest absolute Gasteiger partial charge is 0.137 e. The third kappa shape index (κ3) is 3.02. The molecule has 0 aromatic heterocycles. The molecule has 0 fully saturated rings. The third-order valence-electron chi connectivity index (χ3n) is 2.32. The maximum absolute atomic E-state index is 13.0. The molecule has 0 aliphatic carbocycles. The molecular formula is C13H9BrClFO2. The van der Waals surface area contributed by atoms with Crippen molar-refractivity contribution in [2.24, 2.45) is 0 Å². The van der Waals surface area contributed by atoms with Crippen molar-refractivity contribution in [3.63, 3.8) is 0 Å². The maximum atomic E-state index is 13.0. The molecule has 2 nitrogen and oxygen atoms in total. The summed E-state index contributed by atoms with van der Waals surface area (Å²) in [5, 5.41) is 9.42. The minimum absolute atomic E-state index is 0.124. The highest BCUT2D eigenvalue weighted by Gasteiger charge is 2.05. The van der Waals surface area contributed by atoms with Crippen molar-refractivity contribution in [2.75, 3.05) is 0 Å². The molecule has 2 rings (SSSR count). The molecule has 0 atom stereocenters. The largest absolute Gasteiger partial charge is 0.457 e. The van der Waals surface area contributed by atoms with Gasteiger partial charge in [-0.15, -0.1) is 0 Å². The molecule has 2 aromatic carbocycles. The van der Waals surface area contributed by atoms with Crippen molar-refractivity contribution in [3.05, 3.63) is 57.3 Å². The van der Waals surface area contributed by atoms with Crippen LogP contribution in [0.25, 0.3) is 0 Å². The molecule has 5 heteroatoms. The standard InChI is InChI=1S/C13H9BrClFO2/c14-11-5-9(3-4-13(11)16)18-10-2-1-8(7-17)12(15)6-10/h1-6,17H,7H2. The first kappa shape index (κ1) is 13.3. The number of benzene rings is 2. The van der Waals surface area contributed by atoms with E-state index in [1.807, 2.05) is 0 Å². The number of halogens is 3. The fourth-order valence-corrected chi connectivity index (χ4v) is 1.98. The summed E-state index contributed by atoms with van der Waals surface area (Å²) in [4.78, 5) is 0. The minimum Gasteiger partial charge on any atom is -0.457 e. The summed E-state index contributed by atoms with van der Waals surface area (Å²) < 4.78 is 18.9. The molecule has 0 saturated carbocycles. The van der Waals surface area contributed by atoms with Crippen LogP contribution in [0.5, 0.6) is 11.5 Å². The second-order valence-corrected chi connectivity index (χ2v) is 4.85. The van der Waals surface area contributed by atoms with Crippen LogP contribution >= 0.6 is 27.5 Å². The Morgan fingerprint density at radius 1 is 1.17 bits per heavy atom. The fourth-order valence-electron chi connectivity index (χ4n) is 1.40. The van der Waals surface area contributed by atoms with Crippen LogP contribution in [-0.4, -0.2) is 5.11 Å². The monoisotopic (exact) mass is 330 g/mol. The second kappa shape index (κ2) is 5.69. The van der Waals surface area contributed by atoms with Crippen molar-refractivity contribution in [2.45, 2.75) is 6.61 Å². The highest BCUT2D eigenvalue weighted by atomic mass is 79.9. The molecule has 1 N–H and O–H groups in total. The minimum atomic E-state index is -0.351. The Morgan fingerprint density at radius 3 is 2.44 bits per heavy atom. The topological polar surface area (TPSA) is 29.5 Å². The molecule has 0 aliphatic heterocycles. The molecule has 0 unspecified atom stereocenters. The molecule has 0 radical (unpaired) electrons. The third-order valence-corrected chi connectivity index (χ3v) is 3.28. The number of rotatable bonds is 3. The molecular weight excluding hydrogens is 322 g/mol. The summed E-state index contributed by atoms with van der Waals surface area (Å²) in [5.41, 5.74) is 0.629. The Kier molecular flexibility index (Phi) is 4.22. The van der Waals surface area contributed by atoms with Crippen molar-refractivity contribution >= 4 is 27.5 Å². The van der Waals surface area contributed by atoms with Crippen LogP contribution in [0.15, 0.2) is 40.9 Å². The van der Waals surface area contributed by atoms with Gasteiger partial charge in [0.15, 0.2) is 0 Å². The molecule has 0 heterocycles. The lowest BCUT2D eigenvalue weighted by Crippen LogP contribution is -1.89. The van der Waals surface area contributed by atoms with Gasteiger partial charge < -0.3 is 9.84 Å². The van der Waals surface area contributed by atoms with Crippen LogP contribution in [0.4, 0.5) is 4.39 Å². The van der Waals surface area contributed by atoms with E-state index >= 15 is 0 Å². The number of ether oxygens (including phenoxy) is 1. The second-order valence-electron chi connectivity index (χ2n) is 3.59. The zero-order chi connectivity index (χ0) is 13.1. The zero-order valence-corrected chi connectivity index (χ0v) is 11.5. The van der Waals surface area contributed by atoms with Crippen LogP contribution < -0.4 is 4.74 Å². The fraction of sp³-hybridized carbons (Fsp3) is 0.0769. The highest BCUT2D eigenvalue weighted by Crippen LogP contribution is 2.29. The van der Waals surface area contributed by atoms with Crippen LogP contribution in [0, 0.1) is 5.82 Å². The van der Waals surface area contributed by atoms with Gasteiger partial charge in [0, 0.05) is 5.02 Å². The number of hydrogen-bond donors (Lipinski definition) is 1. The quantitative estimate of drug-likeness (QED) is 0.895. The van der Waals surface area contributed by atoms with Gasteiger partial charge in [0.1, 0.15) is 17.3 Å². The van der Waals surface area contributed by atoms with E-state index in [-0.39, 0.29) is 12.4 Å². The molecule has 94 valence electrons. The summed E-state index contributed by atoms with van der Waals surface area (Å²) >= 11 is 9.03. The average Bonchev–Trinajstić information content (AvgIpc) is 2.34. The SMILES string of the molecule is OCc1ccc(Oc2ccc(F)c(Br)c2)cc1Cl. The van der Waals surface area contributed by atoms with E-state index in [0.29, 0.717) is 26.6 Å². The Morgan fingerprint density at radius 2 is 1.83 bits per heavy atom.